The fourth-order valence-corrected chi connectivity index (χ4v) is 3.65. The molecule has 0 radical (unpaired) electrons. The van der Waals surface area contributed by atoms with Gasteiger partial charge in [-0.1, -0.05) is 29.8 Å². The maximum Gasteiger partial charge on any atom is 0.343 e. The predicted octanol–water partition coefficient (Wildman–Crippen LogP) is 3.16. The Bertz CT molecular complexity index is 1180. The maximum absolute atomic E-state index is 12.6. The van der Waals surface area contributed by atoms with Crippen LogP contribution >= 0.6 is 11.6 Å². The van der Waals surface area contributed by atoms with Crippen LogP contribution in [0.25, 0.3) is 0 Å². The van der Waals surface area contributed by atoms with Crippen molar-refractivity contribution >= 4 is 39.3 Å². The molecule has 1 aromatic heterocycles. The molecule has 0 bridgehead atoms. The number of hydrogen-bond acceptors (Lipinski definition) is 8. The average molecular weight is 465 g/mol. The normalized spacial score (nSPS) is 11.0. The molecule has 0 amide bonds. The third kappa shape index (κ3) is 5.85. The number of carbonyl (C=O) groups excluding carboxylic acids is 2. The third-order valence-electron chi connectivity index (χ3n) is 4.02. The number of carbonyl (C=O) groups is 2. The van der Waals surface area contributed by atoms with Crippen LogP contribution < -0.4 is 10.5 Å². The van der Waals surface area contributed by atoms with Crippen LogP contribution in [-0.2, 0) is 26.0 Å². The summed E-state index contributed by atoms with van der Waals surface area (Å²) in [6.45, 7) is -0.501. The molecular formula is C20H17ClN2O7S. The molecule has 0 aliphatic heterocycles. The Balaban J connectivity index is 1.77. The number of ether oxygens (including phenoxy) is 2. The van der Waals surface area contributed by atoms with Gasteiger partial charge in [0.1, 0.15) is 10.7 Å². The standard InChI is InChI=1S/C20H17ClN2O7S/c21-16-10-17(23-11-14-7-4-8-28-14)15(9-18(16)31(22,26)27)20(25)30-12-29-19(24)13-5-2-1-3-6-13/h1-10,23H,11-12H2,(H2,22,26,27). The van der Waals surface area contributed by atoms with Gasteiger partial charge in [-0.15, -0.1) is 0 Å². The molecule has 0 saturated heterocycles. The molecule has 0 atom stereocenters. The number of nitrogens with two attached hydrogens (primary N) is 1. The molecule has 162 valence electrons. The van der Waals surface area contributed by atoms with Crippen LogP contribution in [-0.4, -0.2) is 27.1 Å². The Labute approximate surface area is 182 Å². The molecule has 0 fully saturated rings. The van der Waals surface area contributed by atoms with Gasteiger partial charge in [0, 0.05) is 0 Å². The highest BCUT2D eigenvalue weighted by atomic mass is 35.5. The number of benzene rings is 2. The molecule has 3 rings (SSSR count). The summed E-state index contributed by atoms with van der Waals surface area (Å²) in [5.41, 5.74) is 0.284. The molecule has 1 heterocycles. The Hall–Kier alpha value is -3.34. The Morgan fingerprint density at radius 2 is 1.74 bits per heavy atom. The lowest BCUT2D eigenvalue weighted by Gasteiger charge is -2.14. The molecule has 0 saturated carbocycles. The topological polar surface area (TPSA) is 138 Å². The van der Waals surface area contributed by atoms with Crippen molar-refractivity contribution in [2.75, 3.05) is 12.1 Å². The zero-order chi connectivity index (χ0) is 22.4. The lowest BCUT2D eigenvalue weighted by molar-refractivity contribution is -0.0166. The molecule has 3 aromatic rings. The van der Waals surface area contributed by atoms with E-state index in [-0.39, 0.29) is 28.4 Å². The zero-order valence-electron chi connectivity index (χ0n) is 15.9. The van der Waals surface area contributed by atoms with Crippen LogP contribution in [0.15, 0.2) is 70.2 Å². The van der Waals surface area contributed by atoms with E-state index in [4.69, 9.17) is 30.6 Å². The minimum absolute atomic E-state index is 0.171. The second-order valence-corrected chi connectivity index (χ2v) is 8.09. The summed E-state index contributed by atoms with van der Waals surface area (Å²) in [5, 5.41) is 7.90. The summed E-state index contributed by atoms with van der Waals surface area (Å²) in [6, 6.07) is 13.7. The Morgan fingerprint density at radius 1 is 1.03 bits per heavy atom. The minimum atomic E-state index is -4.21. The van der Waals surface area contributed by atoms with Gasteiger partial charge in [-0.25, -0.2) is 23.1 Å². The summed E-state index contributed by atoms with van der Waals surface area (Å²) in [5.74, 6) is -1.09. The van der Waals surface area contributed by atoms with Crippen molar-refractivity contribution in [3.8, 4) is 0 Å². The van der Waals surface area contributed by atoms with Gasteiger partial charge in [-0.2, -0.15) is 0 Å². The van der Waals surface area contributed by atoms with Crippen LogP contribution in [0.2, 0.25) is 5.02 Å². The van der Waals surface area contributed by atoms with Crippen molar-refractivity contribution in [1.82, 2.24) is 0 Å². The van der Waals surface area contributed by atoms with E-state index in [2.05, 4.69) is 5.32 Å². The maximum atomic E-state index is 12.6. The van der Waals surface area contributed by atoms with Crippen LogP contribution in [0.5, 0.6) is 0 Å². The van der Waals surface area contributed by atoms with E-state index in [1.807, 2.05) is 0 Å². The lowest BCUT2D eigenvalue weighted by atomic mass is 10.1. The number of furan rings is 1. The van der Waals surface area contributed by atoms with Gasteiger partial charge < -0.3 is 19.2 Å². The number of primary sulfonamides is 1. The van der Waals surface area contributed by atoms with Gasteiger partial charge >= 0.3 is 11.9 Å². The first-order valence-corrected chi connectivity index (χ1v) is 10.7. The Morgan fingerprint density at radius 3 is 2.39 bits per heavy atom. The van der Waals surface area contributed by atoms with E-state index in [0.717, 1.165) is 6.07 Å². The third-order valence-corrected chi connectivity index (χ3v) is 5.40. The average Bonchev–Trinajstić information content (AvgIpc) is 3.25. The van der Waals surface area contributed by atoms with E-state index in [1.54, 1.807) is 42.5 Å². The fraction of sp³-hybridized carbons (Fsp3) is 0.100. The van der Waals surface area contributed by atoms with Gasteiger partial charge in [0.05, 0.1) is 34.6 Å². The summed E-state index contributed by atoms with van der Waals surface area (Å²) in [7, 11) is -4.21. The highest BCUT2D eigenvalue weighted by molar-refractivity contribution is 7.89. The highest BCUT2D eigenvalue weighted by Gasteiger charge is 2.22. The summed E-state index contributed by atoms with van der Waals surface area (Å²) < 4.78 is 38.7. The van der Waals surface area contributed by atoms with Crippen molar-refractivity contribution in [3.05, 3.63) is 82.8 Å². The second kappa shape index (κ2) is 9.65. The highest BCUT2D eigenvalue weighted by Crippen LogP contribution is 2.29. The zero-order valence-corrected chi connectivity index (χ0v) is 17.5. The first kappa shape index (κ1) is 22.3. The molecule has 0 unspecified atom stereocenters. The van der Waals surface area contributed by atoms with Gasteiger partial charge in [-0.3, -0.25) is 0 Å². The number of sulfonamides is 1. The Kier molecular flexibility index (Phi) is 6.95. The molecule has 11 heteroatoms. The number of halogens is 1. The SMILES string of the molecule is NS(=O)(=O)c1cc(C(=O)OCOC(=O)c2ccccc2)c(NCc2ccco2)cc1Cl. The number of rotatable bonds is 8. The lowest BCUT2D eigenvalue weighted by Crippen LogP contribution is -2.17. The number of nitrogens with one attached hydrogen (secondary N) is 1. The van der Waals surface area contributed by atoms with Gasteiger partial charge in [0.2, 0.25) is 16.8 Å². The molecular weight excluding hydrogens is 448 g/mol. The van der Waals surface area contributed by atoms with Crippen molar-refractivity contribution in [3.63, 3.8) is 0 Å². The van der Waals surface area contributed by atoms with E-state index < -0.39 is 33.7 Å². The van der Waals surface area contributed by atoms with E-state index in [0.29, 0.717) is 5.76 Å². The number of anilines is 1. The van der Waals surface area contributed by atoms with Gasteiger partial charge in [0.25, 0.3) is 0 Å². The van der Waals surface area contributed by atoms with E-state index in [9.17, 15) is 18.0 Å². The van der Waals surface area contributed by atoms with Gasteiger partial charge in [-0.05, 0) is 36.4 Å². The summed E-state index contributed by atoms with van der Waals surface area (Å²) in [4.78, 5) is 24.1. The smallest absolute Gasteiger partial charge is 0.343 e. The molecule has 31 heavy (non-hydrogen) atoms. The van der Waals surface area contributed by atoms with E-state index >= 15 is 0 Å². The van der Waals surface area contributed by atoms with Crippen molar-refractivity contribution in [1.29, 1.82) is 0 Å². The summed E-state index contributed by atoms with van der Waals surface area (Å²) in [6.07, 6.45) is 1.48. The molecule has 2 aromatic carbocycles. The van der Waals surface area contributed by atoms with Crippen molar-refractivity contribution < 1.29 is 31.9 Å². The minimum Gasteiger partial charge on any atom is -0.467 e. The number of hydrogen-bond donors (Lipinski definition) is 2. The molecule has 0 aliphatic carbocycles. The van der Waals surface area contributed by atoms with E-state index in [1.165, 1.54) is 12.3 Å². The monoisotopic (exact) mass is 464 g/mol. The van der Waals surface area contributed by atoms with Crippen LogP contribution in [0.3, 0.4) is 0 Å². The molecule has 9 nitrogen and oxygen atoms in total. The van der Waals surface area contributed by atoms with Crippen molar-refractivity contribution in [2.24, 2.45) is 5.14 Å². The van der Waals surface area contributed by atoms with Gasteiger partial charge in [0.15, 0.2) is 0 Å². The first-order chi connectivity index (χ1) is 14.8. The second-order valence-electron chi connectivity index (χ2n) is 6.15. The van der Waals surface area contributed by atoms with Crippen molar-refractivity contribution in [2.45, 2.75) is 11.4 Å². The molecule has 0 spiro atoms. The van der Waals surface area contributed by atoms with Crippen LogP contribution in [0.1, 0.15) is 26.5 Å². The molecule has 3 N–H and O–H groups in total. The largest absolute Gasteiger partial charge is 0.467 e. The quantitative estimate of drug-likeness (QED) is 0.383. The number of esters is 2. The fourth-order valence-electron chi connectivity index (χ4n) is 2.55. The van der Waals surface area contributed by atoms with Crippen LogP contribution in [0.4, 0.5) is 5.69 Å². The first-order valence-electron chi connectivity index (χ1n) is 8.77. The van der Waals surface area contributed by atoms with Crippen LogP contribution in [0, 0.1) is 0 Å². The molecule has 0 aliphatic rings. The predicted molar refractivity (Wildman–Crippen MR) is 111 cm³/mol. The summed E-state index contributed by atoms with van der Waals surface area (Å²) >= 11 is 6.02.